The monoisotopic (exact) mass is 249 g/mol. The Morgan fingerprint density at radius 3 is 2.59 bits per heavy atom. The molecule has 1 aliphatic carbocycles. The highest BCUT2D eigenvalue weighted by atomic mass is 32.1. The summed E-state index contributed by atoms with van der Waals surface area (Å²) in [6.07, 6.45) is 9.55. The van der Waals surface area contributed by atoms with Crippen LogP contribution in [0.2, 0.25) is 0 Å². The van der Waals surface area contributed by atoms with Crippen LogP contribution in [0.25, 0.3) is 0 Å². The second kappa shape index (κ2) is 6.55. The van der Waals surface area contributed by atoms with E-state index in [4.69, 9.17) is 12.2 Å². The van der Waals surface area contributed by atoms with Gasteiger partial charge in [0.15, 0.2) is 5.11 Å². The Morgan fingerprint density at radius 1 is 1.18 bits per heavy atom. The van der Waals surface area contributed by atoms with Crippen LogP contribution >= 0.6 is 12.2 Å². The minimum absolute atomic E-state index is 0.529. The van der Waals surface area contributed by atoms with Crippen LogP contribution < -0.4 is 10.6 Å². The van der Waals surface area contributed by atoms with Crippen LogP contribution in [-0.4, -0.2) is 16.1 Å². The number of hydrogen-bond acceptors (Lipinski definition) is 2. The first-order chi connectivity index (χ1) is 8.34. The van der Waals surface area contributed by atoms with E-state index in [9.17, 15) is 0 Å². The topological polar surface area (TPSA) is 37.0 Å². The van der Waals surface area contributed by atoms with Crippen molar-refractivity contribution >= 4 is 23.1 Å². The van der Waals surface area contributed by atoms with Crippen molar-refractivity contribution in [1.29, 1.82) is 0 Å². The highest BCUT2D eigenvalue weighted by Crippen LogP contribution is 2.17. The third-order valence-corrected chi connectivity index (χ3v) is 3.32. The molecule has 17 heavy (non-hydrogen) atoms. The largest absolute Gasteiger partial charge is 0.360 e. The van der Waals surface area contributed by atoms with Crippen LogP contribution in [0.3, 0.4) is 0 Å². The van der Waals surface area contributed by atoms with E-state index in [1.54, 1.807) is 6.20 Å². The molecule has 1 heterocycles. The van der Waals surface area contributed by atoms with E-state index in [1.807, 2.05) is 18.2 Å². The maximum atomic E-state index is 5.30. The van der Waals surface area contributed by atoms with Gasteiger partial charge in [-0.05, 0) is 37.2 Å². The van der Waals surface area contributed by atoms with Crippen LogP contribution in [0.4, 0.5) is 5.82 Å². The quantitative estimate of drug-likeness (QED) is 0.624. The van der Waals surface area contributed by atoms with Gasteiger partial charge >= 0.3 is 0 Å². The van der Waals surface area contributed by atoms with Gasteiger partial charge in [0, 0.05) is 12.2 Å². The lowest BCUT2D eigenvalue weighted by Gasteiger charge is -2.18. The average Bonchev–Trinajstić information content (AvgIpc) is 2.59. The Kier molecular flexibility index (Phi) is 4.74. The zero-order chi connectivity index (χ0) is 11.9. The predicted octanol–water partition coefficient (Wildman–Crippen LogP) is 3.09. The summed E-state index contributed by atoms with van der Waals surface area (Å²) in [5.41, 5.74) is 0. The summed E-state index contributed by atoms with van der Waals surface area (Å²) >= 11 is 5.30. The van der Waals surface area contributed by atoms with Crippen molar-refractivity contribution in [2.24, 2.45) is 0 Å². The number of nitrogens with zero attached hydrogens (tertiary/aromatic N) is 1. The maximum absolute atomic E-state index is 5.30. The highest BCUT2D eigenvalue weighted by Gasteiger charge is 2.12. The highest BCUT2D eigenvalue weighted by molar-refractivity contribution is 7.80. The van der Waals surface area contributed by atoms with Crippen LogP contribution in [0.1, 0.15) is 38.5 Å². The lowest BCUT2D eigenvalue weighted by molar-refractivity contribution is 0.535. The summed E-state index contributed by atoms with van der Waals surface area (Å²) < 4.78 is 0. The van der Waals surface area contributed by atoms with Crippen LogP contribution in [0.5, 0.6) is 0 Å². The fourth-order valence-electron chi connectivity index (χ4n) is 2.20. The second-order valence-electron chi connectivity index (χ2n) is 4.50. The number of aromatic nitrogens is 1. The molecule has 2 N–H and O–H groups in total. The Morgan fingerprint density at radius 2 is 1.94 bits per heavy atom. The Bertz CT molecular complexity index is 345. The molecule has 1 fully saturated rings. The minimum Gasteiger partial charge on any atom is -0.360 e. The molecule has 1 aromatic heterocycles. The summed E-state index contributed by atoms with van der Waals surface area (Å²) in [6, 6.07) is 6.29. The van der Waals surface area contributed by atoms with Crippen molar-refractivity contribution in [3.63, 3.8) is 0 Å². The molecule has 1 aromatic rings. The van der Waals surface area contributed by atoms with Crippen LogP contribution in [-0.2, 0) is 0 Å². The summed E-state index contributed by atoms with van der Waals surface area (Å²) in [5, 5.41) is 7.20. The van der Waals surface area contributed by atoms with Gasteiger partial charge in [0.25, 0.3) is 0 Å². The minimum atomic E-state index is 0.529. The third kappa shape index (κ3) is 4.30. The van der Waals surface area contributed by atoms with Gasteiger partial charge in [-0.25, -0.2) is 4.98 Å². The smallest absolute Gasteiger partial charge is 0.172 e. The fourth-order valence-corrected chi connectivity index (χ4v) is 2.47. The van der Waals surface area contributed by atoms with Gasteiger partial charge < -0.3 is 10.6 Å². The van der Waals surface area contributed by atoms with E-state index in [0.29, 0.717) is 11.2 Å². The lowest BCUT2D eigenvalue weighted by atomic mass is 10.1. The average molecular weight is 249 g/mol. The molecular formula is C13H19N3S. The Balaban J connectivity index is 1.80. The van der Waals surface area contributed by atoms with Gasteiger partial charge in [-0.1, -0.05) is 31.7 Å². The van der Waals surface area contributed by atoms with Gasteiger partial charge in [0.1, 0.15) is 5.82 Å². The van der Waals surface area contributed by atoms with Gasteiger partial charge in [0.05, 0.1) is 0 Å². The molecule has 0 saturated heterocycles. The predicted molar refractivity (Wildman–Crippen MR) is 75.1 cm³/mol. The molecule has 0 radical (unpaired) electrons. The first-order valence-corrected chi connectivity index (χ1v) is 6.74. The van der Waals surface area contributed by atoms with Gasteiger partial charge in [-0.15, -0.1) is 0 Å². The Labute approximate surface area is 108 Å². The Hall–Kier alpha value is -1.16. The normalized spacial score (nSPS) is 17.2. The zero-order valence-corrected chi connectivity index (χ0v) is 10.8. The summed E-state index contributed by atoms with van der Waals surface area (Å²) in [4.78, 5) is 4.19. The first-order valence-electron chi connectivity index (χ1n) is 6.33. The molecule has 1 aliphatic rings. The van der Waals surface area contributed by atoms with E-state index in [1.165, 1.54) is 38.5 Å². The molecule has 0 unspecified atom stereocenters. The molecule has 0 atom stereocenters. The second-order valence-corrected chi connectivity index (χ2v) is 4.91. The summed E-state index contributed by atoms with van der Waals surface area (Å²) in [7, 11) is 0. The van der Waals surface area contributed by atoms with Crippen molar-refractivity contribution in [1.82, 2.24) is 10.3 Å². The molecule has 4 heteroatoms. The van der Waals surface area contributed by atoms with Gasteiger partial charge in [-0.3, -0.25) is 0 Å². The van der Waals surface area contributed by atoms with E-state index in [0.717, 1.165) is 5.82 Å². The number of hydrogen-bond donors (Lipinski definition) is 2. The lowest BCUT2D eigenvalue weighted by Crippen LogP contribution is -2.37. The van der Waals surface area contributed by atoms with Crippen molar-refractivity contribution in [3.8, 4) is 0 Å². The number of rotatable bonds is 2. The first kappa shape index (κ1) is 12.3. The van der Waals surface area contributed by atoms with Crippen molar-refractivity contribution in [3.05, 3.63) is 24.4 Å². The number of anilines is 1. The number of thiocarbonyl (C=S) groups is 1. The van der Waals surface area contributed by atoms with Gasteiger partial charge in [-0.2, -0.15) is 0 Å². The molecule has 0 bridgehead atoms. The molecule has 0 amide bonds. The van der Waals surface area contributed by atoms with E-state index in [-0.39, 0.29) is 0 Å². The van der Waals surface area contributed by atoms with Crippen LogP contribution in [0, 0.1) is 0 Å². The van der Waals surface area contributed by atoms with Crippen molar-refractivity contribution < 1.29 is 0 Å². The molecule has 0 aliphatic heterocycles. The molecular weight excluding hydrogens is 230 g/mol. The summed E-state index contributed by atoms with van der Waals surface area (Å²) in [5.74, 6) is 0.804. The third-order valence-electron chi connectivity index (χ3n) is 3.10. The standard InChI is InChI=1S/C13H19N3S/c17-13(16-12-9-5-6-10-14-12)15-11-7-3-1-2-4-8-11/h5-6,9-11H,1-4,7-8H2,(H2,14,15,16,17). The number of nitrogens with one attached hydrogen (secondary N) is 2. The van der Waals surface area contributed by atoms with Crippen molar-refractivity contribution in [2.45, 2.75) is 44.6 Å². The molecule has 1 saturated carbocycles. The van der Waals surface area contributed by atoms with E-state index < -0.39 is 0 Å². The van der Waals surface area contributed by atoms with Crippen molar-refractivity contribution in [2.75, 3.05) is 5.32 Å². The van der Waals surface area contributed by atoms with Gasteiger partial charge in [0.2, 0.25) is 0 Å². The van der Waals surface area contributed by atoms with E-state index in [2.05, 4.69) is 15.6 Å². The molecule has 92 valence electrons. The van der Waals surface area contributed by atoms with E-state index >= 15 is 0 Å². The maximum Gasteiger partial charge on any atom is 0.172 e. The SMILES string of the molecule is S=C(Nc1ccccn1)NC1CCCCCC1. The fraction of sp³-hybridized carbons (Fsp3) is 0.538. The zero-order valence-electron chi connectivity index (χ0n) is 9.98. The molecule has 2 rings (SSSR count). The summed E-state index contributed by atoms with van der Waals surface area (Å²) in [6.45, 7) is 0. The molecule has 0 aromatic carbocycles. The molecule has 3 nitrogen and oxygen atoms in total. The number of pyridine rings is 1. The van der Waals surface area contributed by atoms with Crippen LogP contribution in [0.15, 0.2) is 24.4 Å². The molecule has 0 spiro atoms.